The number of nitrogens with two attached hydrogens (primary N) is 1. The van der Waals surface area contributed by atoms with E-state index in [4.69, 9.17) is 5.73 Å². The van der Waals surface area contributed by atoms with E-state index < -0.39 is 11.7 Å². The molecule has 80 valence electrons. The molecule has 1 amide bonds. The molecule has 5 heteroatoms. The number of hydrogen-bond acceptors (Lipinski definition) is 3. The summed E-state index contributed by atoms with van der Waals surface area (Å²) in [5.74, 6) is -0.678. The van der Waals surface area contributed by atoms with Gasteiger partial charge in [0.2, 0.25) is 5.91 Å². The highest BCUT2D eigenvalue weighted by Crippen LogP contribution is 2.15. The van der Waals surface area contributed by atoms with Gasteiger partial charge in [-0.1, -0.05) is 12.1 Å². The van der Waals surface area contributed by atoms with Crippen molar-refractivity contribution >= 4 is 5.91 Å². The molecule has 0 unspecified atom stereocenters. The number of rotatable bonds is 2. The van der Waals surface area contributed by atoms with Crippen molar-refractivity contribution in [3.05, 3.63) is 48.0 Å². The Kier molecular flexibility index (Phi) is 2.59. The summed E-state index contributed by atoms with van der Waals surface area (Å²) in [6.07, 6.45) is 2.14. The van der Waals surface area contributed by atoms with Crippen LogP contribution in [0.1, 0.15) is 10.4 Å². The minimum atomic E-state index is -0.524. The Morgan fingerprint density at radius 1 is 1.25 bits per heavy atom. The summed E-state index contributed by atoms with van der Waals surface area (Å²) in [5.41, 5.74) is 6.13. The van der Waals surface area contributed by atoms with Crippen molar-refractivity contribution in [2.24, 2.45) is 5.73 Å². The average molecular weight is 217 g/mol. The molecule has 2 N–H and O–H groups in total. The SMILES string of the molecule is NC(=O)c1cccc(-c2ncc(F)cn2)c1. The maximum Gasteiger partial charge on any atom is 0.248 e. The van der Waals surface area contributed by atoms with Gasteiger partial charge in [-0.25, -0.2) is 14.4 Å². The molecule has 2 aromatic rings. The summed E-state index contributed by atoms with van der Waals surface area (Å²) in [6, 6.07) is 6.55. The number of halogens is 1. The van der Waals surface area contributed by atoms with Crippen LogP contribution in [0.4, 0.5) is 4.39 Å². The Morgan fingerprint density at radius 2 is 1.94 bits per heavy atom. The van der Waals surface area contributed by atoms with Crippen LogP contribution in [0.25, 0.3) is 11.4 Å². The van der Waals surface area contributed by atoms with Gasteiger partial charge in [0.1, 0.15) is 0 Å². The molecule has 0 aliphatic rings. The Bertz CT molecular complexity index is 525. The molecule has 0 atom stereocenters. The van der Waals surface area contributed by atoms with Crippen LogP contribution in [0.2, 0.25) is 0 Å². The molecule has 0 aliphatic carbocycles. The predicted molar refractivity (Wildman–Crippen MR) is 55.9 cm³/mol. The number of carbonyl (C=O) groups excluding carboxylic acids is 1. The first-order valence-electron chi connectivity index (χ1n) is 4.54. The summed E-state index contributed by atoms with van der Waals surface area (Å²) in [7, 11) is 0. The largest absolute Gasteiger partial charge is 0.366 e. The summed E-state index contributed by atoms with van der Waals surface area (Å²) in [4.78, 5) is 18.6. The Labute approximate surface area is 91.0 Å². The molecule has 2 rings (SSSR count). The molecule has 0 bridgehead atoms. The summed E-state index contributed by atoms with van der Waals surface area (Å²) in [6.45, 7) is 0. The van der Waals surface area contributed by atoms with Gasteiger partial charge in [-0.05, 0) is 12.1 Å². The lowest BCUT2D eigenvalue weighted by Gasteiger charge is -2.01. The van der Waals surface area contributed by atoms with Gasteiger partial charge in [0.05, 0.1) is 12.4 Å². The molecule has 1 aromatic carbocycles. The van der Waals surface area contributed by atoms with Crippen molar-refractivity contribution in [2.75, 3.05) is 0 Å². The first kappa shape index (κ1) is 10.2. The molecular weight excluding hydrogens is 209 g/mol. The van der Waals surface area contributed by atoms with Gasteiger partial charge in [0.15, 0.2) is 11.6 Å². The first-order valence-corrected chi connectivity index (χ1v) is 4.54. The highest BCUT2D eigenvalue weighted by atomic mass is 19.1. The van der Waals surface area contributed by atoms with Crippen LogP contribution in [0.3, 0.4) is 0 Å². The third-order valence-electron chi connectivity index (χ3n) is 2.03. The maximum atomic E-state index is 12.6. The van der Waals surface area contributed by atoms with E-state index in [1.54, 1.807) is 24.3 Å². The van der Waals surface area contributed by atoms with Gasteiger partial charge in [-0.3, -0.25) is 4.79 Å². The fraction of sp³-hybridized carbons (Fsp3) is 0. The lowest BCUT2D eigenvalue weighted by atomic mass is 10.1. The van der Waals surface area contributed by atoms with Gasteiger partial charge in [0.25, 0.3) is 0 Å². The molecular formula is C11H8FN3O. The Balaban J connectivity index is 2.44. The zero-order valence-electron chi connectivity index (χ0n) is 8.22. The van der Waals surface area contributed by atoms with Gasteiger partial charge >= 0.3 is 0 Å². The third-order valence-corrected chi connectivity index (χ3v) is 2.03. The second-order valence-corrected chi connectivity index (χ2v) is 3.17. The van der Waals surface area contributed by atoms with E-state index in [0.29, 0.717) is 17.0 Å². The van der Waals surface area contributed by atoms with Crippen molar-refractivity contribution in [3.63, 3.8) is 0 Å². The van der Waals surface area contributed by atoms with E-state index in [9.17, 15) is 9.18 Å². The van der Waals surface area contributed by atoms with Gasteiger partial charge in [-0.15, -0.1) is 0 Å². The van der Waals surface area contributed by atoms with E-state index in [1.165, 1.54) is 0 Å². The van der Waals surface area contributed by atoms with E-state index in [1.807, 2.05) is 0 Å². The molecule has 1 aromatic heterocycles. The van der Waals surface area contributed by atoms with Crippen LogP contribution in [-0.4, -0.2) is 15.9 Å². The minimum Gasteiger partial charge on any atom is -0.366 e. The van der Waals surface area contributed by atoms with Crippen molar-refractivity contribution in [1.82, 2.24) is 9.97 Å². The molecule has 0 aliphatic heterocycles. The van der Waals surface area contributed by atoms with Crippen LogP contribution in [0.15, 0.2) is 36.7 Å². The number of primary amides is 1. The fourth-order valence-corrected chi connectivity index (χ4v) is 1.27. The van der Waals surface area contributed by atoms with Gasteiger partial charge < -0.3 is 5.73 Å². The lowest BCUT2D eigenvalue weighted by molar-refractivity contribution is 0.100. The van der Waals surface area contributed by atoms with E-state index >= 15 is 0 Å². The molecule has 0 spiro atoms. The fourth-order valence-electron chi connectivity index (χ4n) is 1.27. The average Bonchev–Trinajstić information content (AvgIpc) is 2.30. The molecule has 16 heavy (non-hydrogen) atoms. The number of amides is 1. The normalized spacial score (nSPS) is 10.1. The van der Waals surface area contributed by atoms with Crippen LogP contribution in [-0.2, 0) is 0 Å². The van der Waals surface area contributed by atoms with E-state index in [2.05, 4.69) is 9.97 Å². The second-order valence-electron chi connectivity index (χ2n) is 3.17. The predicted octanol–water partition coefficient (Wildman–Crippen LogP) is 1.38. The maximum absolute atomic E-state index is 12.6. The number of hydrogen-bond donors (Lipinski definition) is 1. The zero-order chi connectivity index (χ0) is 11.5. The molecule has 4 nitrogen and oxygen atoms in total. The highest BCUT2D eigenvalue weighted by Gasteiger charge is 2.05. The topological polar surface area (TPSA) is 68.9 Å². The van der Waals surface area contributed by atoms with Gasteiger partial charge in [0, 0.05) is 11.1 Å². The third kappa shape index (κ3) is 2.03. The Morgan fingerprint density at radius 3 is 2.56 bits per heavy atom. The van der Waals surface area contributed by atoms with Crippen molar-refractivity contribution in [1.29, 1.82) is 0 Å². The number of carbonyl (C=O) groups is 1. The van der Waals surface area contributed by atoms with E-state index in [0.717, 1.165) is 12.4 Å². The molecule has 0 fully saturated rings. The molecule has 0 saturated heterocycles. The van der Waals surface area contributed by atoms with Crippen LogP contribution in [0, 0.1) is 5.82 Å². The van der Waals surface area contributed by atoms with Crippen LogP contribution < -0.4 is 5.73 Å². The Hall–Kier alpha value is -2.30. The minimum absolute atomic E-state index is 0.351. The lowest BCUT2D eigenvalue weighted by Crippen LogP contribution is -2.10. The number of benzene rings is 1. The number of nitrogens with zero attached hydrogens (tertiary/aromatic N) is 2. The molecule has 1 heterocycles. The highest BCUT2D eigenvalue weighted by molar-refractivity contribution is 5.93. The van der Waals surface area contributed by atoms with Crippen LogP contribution >= 0.6 is 0 Å². The van der Waals surface area contributed by atoms with Crippen molar-refractivity contribution < 1.29 is 9.18 Å². The first-order chi connectivity index (χ1) is 7.66. The van der Waals surface area contributed by atoms with Gasteiger partial charge in [-0.2, -0.15) is 0 Å². The summed E-state index contributed by atoms with van der Waals surface area (Å²) >= 11 is 0. The molecule has 0 radical (unpaired) electrons. The van der Waals surface area contributed by atoms with E-state index in [-0.39, 0.29) is 0 Å². The standard InChI is InChI=1S/C11H8FN3O/c12-9-5-14-11(15-6-9)8-3-1-2-7(4-8)10(13)16/h1-6H,(H2,13,16). The van der Waals surface area contributed by atoms with Crippen molar-refractivity contribution in [3.8, 4) is 11.4 Å². The number of aromatic nitrogens is 2. The smallest absolute Gasteiger partial charge is 0.248 e. The van der Waals surface area contributed by atoms with Crippen LogP contribution in [0.5, 0.6) is 0 Å². The van der Waals surface area contributed by atoms with Crippen molar-refractivity contribution in [2.45, 2.75) is 0 Å². The molecule has 0 saturated carbocycles. The monoisotopic (exact) mass is 217 g/mol. The summed E-state index contributed by atoms with van der Waals surface area (Å²) in [5, 5.41) is 0. The quantitative estimate of drug-likeness (QED) is 0.826. The second kappa shape index (κ2) is 4.06. The zero-order valence-corrected chi connectivity index (χ0v) is 8.22. The summed E-state index contributed by atoms with van der Waals surface area (Å²) < 4.78 is 12.6.